The van der Waals surface area contributed by atoms with E-state index in [1.54, 1.807) is 22.8 Å². The summed E-state index contributed by atoms with van der Waals surface area (Å²) in [6, 6.07) is 4.78. The summed E-state index contributed by atoms with van der Waals surface area (Å²) in [6.45, 7) is 11.0. The third kappa shape index (κ3) is 6.36. The molecule has 0 aliphatic carbocycles. The summed E-state index contributed by atoms with van der Waals surface area (Å²) >= 11 is 0. The second-order valence-electron chi connectivity index (χ2n) is 12.4. The third-order valence-electron chi connectivity index (χ3n) is 7.49. The molecule has 13 heteroatoms. The maximum Gasteiger partial charge on any atom is 0.407 e. The van der Waals surface area contributed by atoms with Gasteiger partial charge in [0.25, 0.3) is 5.56 Å². The van der Waals surface area contributed by atoms with Crippen molar-refractivity contribution in [2.45, 2.75) is 72.2 Å². The number of ketones is 1. The number of allylic oxidation sites excluding steroid dienone is 2. The predicted molar refractivity (Wildman–Crippen MR) is 165 cm³/mol. The molecule has 4 heterocycles. The van der Waals surface area contributed by atoms with Gasteiger partial charge in [0, 0.05) is 32.7 Å². The van der Waals surface area contributed by atoms with Crippen LogP contribution < -0.4 is 30.9 Å². The van der Waals surface area contributed by atoms with Crippen molar-refractivity contribution in [2.75, 3.05) is 31.2 Å². The van der Waals surface area contributed by atoms with E-state index in [-0.39, 0.29) is 22.8 Å². The molecule has 0 bridgehead atoms. The Hall–Kier alpha value is -4.55. The first-order valence-electron chi connectivity index (χ1n) is 14.8. The molecular formula is C31H40N6O7. The van der Waals surface area contributed by atoms with Gasteiger partial charge in [-0.3, -0.25) is 18.7 Å². The number of hydrogen-bond acceptors (Lipinski definition) is 9. The Bertz CT molecular complexity index is 1740. The summed E-state index contributed by atoms with van der Waals surface area (Å²) < 4.78 is 20.8. The number of Topliss-reactive ketones (excluding diaryl/α,β-unsaturated/α-hetero) is 1. The Morgan fingerprint density at radius 3 is 2.61 bits per heavy atom. The number of alkyl carbamates (subject to hydrolysis) is 1. The molecule has 1 atom stereocenters. The van der Waals surface area contributed by atoms with Gasteiger partial charge in [-0.2, -0.15) is 4.98 Å². The minimum Gasteiger partial charge on any atom is -0.486 e. The van der Waals surface area contributed by atoms with Gasteiger partial charge in [0.05, 0.1) is 12.1 Å². The van der Waals surface area contributed by atoms with E-state index in [4.69, 9.17) is 19.2 Å². The molecule has 2 aromatic heterocycles. The van der Waals surface area contributed by atoms with Crippen molar-refractivity contribution >= 4 is 29.0 Å². The molecule has 0 radical (unpaired) electrons. The average Bonchev–Trinajstić information content (AvgIpc) is 3.35. The number of imidazole rings is 1. The van der Waals surface area contributed by atoms with Crippen molar-refractivity contribution in [3.8, 4) is 11.5 Å². The maximum absolute atomic E-state index is 14.0. The van der Waals surface area contributed by atoms with Gasteiger partial charge in [-0.25, -0.2) is 9.59 Å². The summed E-state index contributed by atoms with van der Waals surface area (Å²) in [6.07, 6.45) is 3.01. The predicted octanol–water partition coefficient (Wildman–Crippen LogP) is 3.01. The van der Waals surface area contributed by atoms with Gasteiger partial charge >= 0.3 is 11.8 Å². The number of anilines is 1. The van der Waals surface area contributed by atoms with E-state index >= 15 is 0 Å². The number of nitrogens with one attached hydrogen (secondary N) is 1. The Labute approximate surface area is 255 Å². The maximum atomic E-state index is 14.0. The molecule has 1 N–H and O–H groups in total. The van der Waals surface area contributed by atoms with Gasteiger partial charge < -0.3 is 29.0 Å². The molecule has 1 aromatic carbocycles. The van der Waals surface area contributed by atoms with E-state index < -0.39 is 35.3 Å². The molecule has 5 rings (SSSR count). The minimum atomic E-state index is -0.653. The number of nitrogens with zero attached hydrogens (tertiary/aromatic N) is 5. The molecule has 13 nitrogen and oxygen atoms in total. The Morgan fingerprint density at radius 2 is 1.89 bits per heavy atom. The molecule has 236 valence electrons. The number of piperidine rings is 1. The normalized spacial score (nSPS) is 16.5. The van der Waals surface area contributed by atoms with E-state index in [2.05, 4.69) is 5.32 Å². The zero-order valence-electron chi connectivity index (χ0n) is 26.1. The lowest BCUT2D eigenvalue weighted by atomic mass is 10.1. The van der Waals surface area contributed by atoms with E-state index in [0.717, 1.165) is 23.0 Å². The highest BCUT2D eigenvalue weighted by Gasteiger charge is 2.30. The Balaban J connectivity index is 1.53. The SMILES string of the molecule is CC(C)=CCn1c(N2CCCC(NC(=O)OC(C)(C)C)C2)nc2c1c(=O)n(CC(=O)c1cccc3c1OCCO3)c(=O)n2C. The fourth-order valence-electron chi connectivity index (χ4n) is 5.46. The van der Waals surface area contributed by atoms with Crippen LogP contribution in [-0.4, -0.2) is 68.5 Å². The summed E-state index contributed by atoms with van der Waals surface area (Å²) in [5.41, 5.74) is -0.173. The van der Waals surface area contributed by atoms with E-state index in [9.17, 15) is 19.2 Å². The molecule has 1 unspecified atom stereocenters. The largest absolute Gasteiger partial charge is 0.486 e. The van der Waals surface area contributed by atoms with E-state index in [1.807, 2.05) is 45.6 Å². The molecule has 0 spiro atoms. The highest BCUT2D eigenvalue weighted by molar-refractivity contribution is 5.99. The molecule has 0 saturated carbocycles. The molecule has 2 aliphatic rings. The summed E-state index contributed by atoms with van der Waals surface area (Å²) in [4.78, 5) is 60.3. The van der Waals surface area contributed by atoms with Crippen LogP contribution in [0.3, 0.4) is 0 Å². The number of rotatable bonds is 7. The Kier molecular flexibility index (Phi) is 8.57. The van der Waals surface area contributed by atoms with Gasteiger partial charge in [-0.15, -0.1) is 0 Å². The fourth-order valence-corrected chi connectivity index (χ4v) is 5.46. The van der Waals surface area contributed by atoms with Crippen LogP contribution in [0.25, 0.3) is 11.2 Å². The lowest BCUT2D eigenvalue weighted by Gasteiger charge is -2.34. The summed E-state index contributed by atoms with van der Waals surface area (Å²) in [7, 11) is 1.54. The number of hydrogen-bond donors (Lipinski definition) is 1. The van der Waals surface area contributed by atoms with Crippen molar-refractivity contribution < 1.29 is 23.8 Å². The topological polar surface area (TPSA) is 139 Å². The minimum absolute atomic E-state index is 0.198. The lowest BCUT2D eigenvalue weighted by Crippen LogP contribution is -2.49. The van der Waals surface area contributed by atoms with Gasteiger partial charge in [-0.1, -0.05) is 17.7 Å². The number of para-hydroxylation sites is 1. The van der Waals surface area contributed by atoms with Crippen molar-refractivity contribution in [3.63, 3.8) is 0 Å². The Morgan fingerprint density at radius 1 is 1.14 bits per heavy atom. The number of carbonyl (C=O) groups is 2. The van der Waals surface area contributed by atoms with Gasteiger partial charge in [0.2, 0.25) is 5.95 Å². The number of carbonyl (C=O) groups excluding carboxylic acids is 2. The molecule has 1 fully saturated rings. The van der Waals surface area contributed by atoms with Crippen LogP contribution >= 0.6 is 0 Å². The number of benzene rings is 1. The fraction of sp³-hybridized carbons (Fsp3) is 0.516. The molecule has 2 aliphatic heterocycles. The van der Waals surface area contributed by atoms with Gasteiger partial charge in [0.15, 0.2) is 28.4 Å². The monoisotopic (exact) mass is 608 g/mol. The van der Waals surface area contributed by atoms with Crippen LogP contribution in [0.5, 0.6) is 11.5 Å². The van der Waals surface area contributed by atoms with Crippen LogP contribution in [0.15, 0.2) is 39.4 Å². The lowest BCUT2D eigenvalue weighted by molar-refractivity contribution is 0.0499. The number of amides is 1. The number of aryl methyl sites for hydroxylation is 1. The molecule has 1 amide bonds. The average molecular weight is 609 g/mol. The van der Waals surface area contributed by atoms with Crippen molar-refractivity contribution in [2.24, 2.45) is 7.05 Å². The van der Waals surface area contributed by atoms with Crippen LogP contribution in [-0.2, 0) is 24.9 Å². The van der Waals surface area contributed by atoms with Crippen molar-refractivity contribution in [1.82, 2.24) is 24.0 Å². The first-order chi connectivity index (χ1) is 20.8. The molecular weight excluding hydrogens is 568 g/mol. The smallest absolute Gasteiger partial charge is 0.407 e. The first kappa shape index (κ1) is 30.9. The van der Waals surface area contributed by atoms with Crippen molar-refractivity contribution in [3.05, 3.63) is 56.2 Å². The zero-order valence-corrected chi connectivity index (χ0v) is 26.1. The van der Waals surface area contributed by atoms with Crippen LogP contribution in [0.4, 0.5) is 10.7 Å². The van der Waals surface area contributed by atoms with E-state index in [0.29, 0.717) is 50.3 Å². The second-order valence-corrected chi connectivity index (χ2v) is 12.4. The highest BCUT2D eigenvalue weighted by atomic mass is 16.6. The third-order valence-corrected chi connectivity index (χ3v) is 7.49. The molecule has 3 aromatic rings. The number of fused-ring (bicyclic) bond motifs is 2. The van der Waals surface area contributed by atoms with Crippen LogP contribution in [0.1, 0.15) is 57.8 Å². The second kappa shape index (κ2) is 12.2. The van der Waals surface area contributed by atoms with Gasteiger partial charge in [-0.05, 0) is 59.6 Å². The number of aromatic nitrogens is 4. The van der Waals surface area contributed by atoms with Crippen LogP contribution in [0.2, 0.25) is 0 Å². The first-order valence-corrected chi connectivity index (χ1v) is 14.8. The quantitative estimate of drug-likeness (QED) is 0.317. The van der Waals surface area contributed by atoms with Crippen molar-refractivity contribution in [1.29, 1.82) is 0 Å². The number of ether oxygens (including phenoxy) is 3. The zero-order chi connectivity index (χ0) is 31.8. The summed E-state index contributed by atoms with van der Waals surface area (Å²) in [5, 5.41) is 2.95. The standard InChI is InChI=1S/C31H40N6O7/c1-19(2)12-14-36-24-26(33-28(36)35-13-8-9-20(17-35)32-29(40)44-31(3,4)5)34(6)30(41)37(27(24)39)18-22(38)21-10-7-11-23-25(21)43-16-15-42-23/h7,10-12,20H,8-9,13-18H2,1-6H3,(H,32,40). The molecule has 1 saturated heterocycles. The van der Waals surface area contributed by atoms with Gasteiger partial charge in [0.1, 0.15) is 18.8 Å². The van der Waals surface area contributed by atoms with Crippen LogP contribution in [0, 0.1) is 0 Å². The molecule has 44 heavy (non-hydrogen) atoms. The highest BCUT2D eigenvalue weighted by Crippen LogP contribution is 2.34. The summed E-state index contributed by atoms with van der Waals surface area (Å²) in [5.74, 6) is 0.814. The van der Waals surface area contributed by atoms with E-state index in [1.165, 1.54) is 11.6 Å².